The maximum absolute atomic E-state index is 12.1. The van der Waals surface area contributed by atoms with E-state index in [0.29, 0.717) is 22.2 Å². The van der Waals surface area contributed by atoms with Crippen molar-refractivity contribution in [2.45, 2.75) is 12.1 Å². The Kier molecular flexibility index (Phi) is 5.87. The zero-order chi connectivity index (χ0) is 19.2. The van der Waals surface area contributed by atoms with Crippen LogP contribution in [0, 0.1) is 0 Å². The van der Waals surface area contributed by atoms with E-state index in [1.165, 1.54) is 18.7 Å². The highest BCUT2D eigenvalue weighted by Crippen LogP contribution is 2.26. The molecule has 8 heteroatoms. The van der Waals surface area contributed by atoms with E-state index >= 15 is 0 Å². The van der Waals surface area contributed by atoms with E-state index in [2.05, 4.69) is 25.8 Å². The van der Waals surface area contributed by atoms with Crippen molar-refractivity contribution in [2.75, 3.05) is 23.4 Å². The molecule has 0 aliphatic heterocycles. The summed E-state index contributed by atoms with van der Waals surface area (Å²) < 4.78 is 0. The number of nitrogens with one attached hydrogen (secondary N) is 3. The number of aromatic nitrogens is 3. The summed E-state index contributed by atoms with van der Waals surface area (Å²) in [5, 5.41) is 13.5. The number of aromatic amines is 1. The quantitative estimate of drug-likeness (QED) is 0.428. The van der Waals surface area contributed by atoms with Gasteiger partial charge in [0.05, 0.1) is 5.75 Å². The molecule has 0 radical (unpaired) electrons. The molecule has 138 valence electrons. The number of hydrogen-bond donors (Lipinski definition) is 3. The van der Waals surface area contributed by atoms with Crippen LogP contribution in [0.15, 0.2) is 53.7 Å². The van der Waals surface area contributed by atoms with Gasteiger partial charge in [-0.1, -0.05) is 23.9 Å². The molecular formula is C19H19N5O2S. The molecule has 1 heterocycles. The second kappa shape index (κ2) is 8.50. The topological polar surface area (TPSA) is 99.8 Å². The summed E-state index contributed by atoms with van der Waals surface area (Å²) in [4.78, 5) is 27.8. The summed E-state index contributed by atoms with van der Waals surface area (Å²) in [7, 11) is 1.85. The molecule has 0 unspecified atom stereocenters. The average molecular weight is 381 g/mol. The summed E-state index contributed by atoms with van der Waals surface area (Å²) in [6, 6.07) is 14.5. The van der Waals surface area contributed by atoms with Gasteiger partial charge in [0.15, 0.2) is 11.6 Å². The first kappa shape index (κ1) is 18.7. The van der Waals surface area contributed by atoms with Crippen LogP contribution in [0.25, 0.3) is 11.4 Å². The smallest absolute Gasteiger partial charge is 0.234 e. The fourth-order valence-corrected chi connectivity index (χ4v) is 3.05. The van der Waals surface area contributed by atoms with Gasteiger partial charge in [-0.05, 0) is 43.3 Å². The molecule has 2 aromatic carbocycles. The van der Waals surface area contributed by atoms with Crippen LogP contribution in [0.3, 0.4) is 0 Å². The molecule has 0 bridgehead atoms. The maximum atomic E-state index is 12.1. The lowest BCUT2D eigenvalue weighted by atomic mass is 10.1. The van der Waals surface area contributed by atoms with Crippen LogP contribution in [0.4, 0.5) is 11.4 Å². The van der Waals surface area contributed by atoms with Crippen LogP contribution >= 0.6 is 11.8 Å². The van der Waals surface area contributed by atoms with Crippen LogP contribution in [0.5, 0.6) is 0 Å². The first-order chi connectivity index (χ1) is 13.1. The van der Waals surface area contributed by atoms with Gasteiger partial charge in [-0.2, -0.15) is 0 Å². The Hall–Kier alpha value is -3.13. The maximum Gasteiger partial charge on any atom is 0.234 e. The van der Waals surface area contributed by atoms with E-state index in [9.17, 15) is 9.59 Å². The lowest BCUT2D eigenvalue weighted by Gasteiger charge is -2.05. The standard InChI is InChI=1S/C19H19N5O2S/c1-12(25)13-7-9-14(10-8-13)21-17(26)11-27-19-22-18(23-24-19)15-5-3-4-6-16(15)20-2/h3-10,20H,11H2,1-2H3,(H,21,26)(H,22,23,24). The molecule has 3 N–H and O–H groups in total. The van der Waals surface area contributed by atoms with E-state index in [1.54, 1.807) is 24.3 Å². The Morgan fingerprint density at radius 1 is 1.11 bits per heavy atom. The van der Waals surface area contributed by atoms with E-state index in [1.807, 2.05) is 31.3 Å². The molecule has 0 spiro atoms. The van der Waals surface area contributed by atoms with Crippen molar-refractivity contribution < 1.29 is 9.59 Å². The van der Waals surface area contributed by atoms with Gasteiger partial charge in [0.25, 0.3) is 0 Å². The van der Waals surface area contributed by atoms with Crippen molar-refractivity contribution in [2.24, 2.45) is 0 Å². The number of Topliss-reactive ketones (excluding diaryl/α,β-unsaturated/α-hetero) is 1. The van der Waals surface area contributed by atoms with Crippen LogP contribution in [0.1, 0.15) is 17.3 Å². The lowest BCUT2D eigenvalue weighted by molar-refractivity contribution is -0.113. The number of thioether (sulfide) groups is 1. The minimum atomic E-state index is -0.169. The Morgan fingerprint density at radius 3 is 2.56 bits per heavy atom. The normalized spacial score (nSPS) is 10.4. The fraction of sp³-hybridized carbons (Fsp3) is 0.158. The molecule has 1 amide bonds. The molecule has 0 saturated carbocycles. The number of anilines is 2. The summed E-state index contributed by atoms with van der Waals surface area (Å²) in [6.07, 6.45) is 0. The Morgan fingerprint density at radius 2 is 1.85 bits per heavy atom. The third-order valence-corrected chi connectivity index (χ3v) is 4.67. The van der Waals surface area contributed by atoms with E-state index in [-0.39, 0.29) is 17.4 Å². The number of carbonyl (C=O) groups excluding carboxylic acids is 2. The number of para-hydroxylation sites is 1. The number of nitrogens with zero attached hydrogens (tertiary/aromatic N) is 2. The molecule has 7 nitrogen and oxygen atoms in total. The van der Waals surface area contributed by atoms with Crippen molar-refractivity contribution in [1.29, 1.82) is 0 Å². The Bertz CT molecular complexity index is 953. The number of amides is 1. The van der Waals surface area contributed by atoms with Gasteiger partial charge in [-0.15, -0.1) is 5.10 Å². The monoisotopic (exact) mass is 381 g/mol. The number of carbonyl (C=O) groups is 2. The van der Waals surface area contributed by atoms with Gasteiger partial charge in [-0.25, -0.2) is 4.98 Å². The summed E-state index contributed by atoms with van der Waals surface area (Å²) >= 11 is 1.24. The lowest BCUT2D eigenvalue weighted by Crippen LogP contribution is -2.14. The Balaban J connectivity index is 1.58. The van der Waals surface area contributed by atoms with Crippen LogP contribution in [-0.2, 0) is 4.79 Å². The molecule has 0 atom stereocenters. The van der Waals surface area contributed by atoms with Crippen molar-refractivity contribution in [1.82, 2.24) is 15.2 Å². The summed E-state index contributed by atoms with van der Waals surface area (Å²) in [5.74, 6) is 0.642. The molecule has 0 saturated heterocycles. The van der Waals surface area contributed by atoms with Crippen molar-refractivity contribution in [3.63, 3.8) is 0 Å². The van der Waals surface area contributed by atoms with Crippen LogP contribution < -0.4 is 10.6 Å². The number of H-pyrrole nitrogens is 1. The number of rotatable bonds is 7. The van der Waals surface area contributed by atoms with Gasteiger partial charge < -0.3 is 10.6 Å². The molecule has 0 fully saturated rings. The van der Waals surface area contributed by atoms with Crippen molar-refractivity contribution in [3.05, 3.63) is 54.1 Å². The predicted octanol–water partition coefficient (Wildman–Crippen LogP) is 3.45. The molecule has 1 aromatic heterocycles. The second-order valence-electron chi connectivity index (χ2n) is 5.73. The first-order valence-corrected chi connectivity index (χ1v) is 9.28. The van der Waals surface area contributed by atoms with E-state index in [4.69, 9.17) is 0 Å². The average Bonchev–Trinajstić information content (AvgIpc) is 3.15. The predicted molar refractivity (Wildman–Crippen MR) is 107 cm³/mol. The highest BCUT2D eigenvalue weighted by molar-refractivity contribution is 7.99. The molecule has 3 aromatic rings. The number of hydrogen-bond acceptors (Lipinski definition) is 6. The number of ketones is 1. The third kappa shape index (κ3) is 4.73. The zero-order valence-electron chi connectivity index (χ0n) is 14.9. The minimum absolute atomic E-state index is 0.0105. The van der Waals surface area contributed by atoms with Crippen molar-refractivity contribution in [3.8, 4) is 11.4 Å². The van der Waals surface area contributed by atoms with Gasteiger partial charge in [0, 0.05) is 29.5 Å². The van der Waals surface area contributed by atoms with Gasteiger partial charge in [-0.3, -0.25) is 14.7 Å². The number of benzene rings is 2. The molecule has 3 rings (SSSR count). The summed E-state index contributed by atoms with van der Waals surface area (Å²) in [5.41, 5.74) is 3.10. The van der Waals surface area contributed by atoms with Gasteiger partial charge in [0.2, 0.25) is 11.1 Å². The first-order valence-electron chi connectivity index (χ1n) is 8.30. The van der Waals surface area contributed by atoms with Crippen molar-refractivity contribution >= 4 is 34.8 Å². The Labute approximate surface area is 161 Å². The highest BCUT2D eigenvalue weighted by Gasteiger charge is 2.11. The largest absolute Gasteiger partial charge is 0.388 e. The molecule has 27 heavy (non-hydrogen) atoms. The van der Waals surface area contributed by atoms with Gasteiger partial charge in [0.1, 0.15) is 0 Å². The van der Waals surface area contributed by atoms with Crippen LogP contribution in [0.2, 0.25) is 0 Å². The molecule has 0 aliphatic rings. The highest BCUT2D eigenvalue weighted by atomic mass is 32.2. The zero-order valence-corrected chi connectivity index (χ0v) is 15.8. The molecule has 0 aliphatic carbocycles. The fourth-order valence-electron chi connectivity index (χ4n) is 2.45. The molecular weight excluding hydrogens is 362 g/mol. The van der Waals surface area contributed by atoms with E-state index in [0.717, 1.165) is 11.3 Å². The third-order valence-electron chi connectivity index (χ3n) is 3.82. The SMILES string of the molecule is CNc1ccccc1-c1nc(SCC(=O)Nc2ccc(C(C)=O)cc2)n[nH]1. The van der Waals surface area contributed by atoms with Crippen LogP contribution in [-0.4, -0.2) is 39.7 Å². The minimum Gasteiger partial charge on any atom is -0.388 e. The van der Waals surface area contributed by atoms with E-state index < -0.39 is 0 Å². The summed E-state index contributed by atoms with van der Waals surface area (Å²) in [6.45, 7) is 1.50. The second-order valence-corrected chi connectivity index (χ2v) is 6.68. The van der Waals surface area contributed by atoms with Gasteiger partial charge >= 0.3 is 0 Å².